The summed E-state index contributed by atoms with van der Waals surface area (Å²) in [5, 5.41) is 0. The quantitative estimate of drug-likeness (QED) is 0.430. The Balaban J connectivity index is 1.66. The third kappa shape index (κ3) is 5.35. The van der Waals surface area contributed by atoms with Gasteiger partial charge in [-0.15, -0.1) is 0 Å². The molecule has 0 aromatic heterocycles. The van der Waals surface area contributed by atoms with Gasteiger partial charge in [-0.2, -0.15) is 0 Å². The number of ketones is 2. The zero-order chi connectivity index (χ0) is 25.3. The number of likely N-dealkylation sites (tertiary alicyclic amines) is 1. The number of rotatable bonds is 5. The molecule has 2 heterocycles. The number of benzene rings is 1. The molecule has 2 aliphatic heterocycles. The predicted octanol–water partition coefficient (Wildman–Crippen LogP) is 3.82. The molecule has 0 N–H and O–H groups in total. The van der Waals surface area contributed by atoms with Gasteiger partial charge in [0.05, 0.1) is 26.0 Å². The van der Waals surface area contributed by atoms with Gasteiger partial charge in [0.15, 0.2) is 11.5 Å². The first kappa shape index (κ1) is 25.9. The summed E-state index contributed by atoms with van der Waals surface area (Å²) in [7, 11) is 3.14. The van der Waals surface area contributed by atoms with E-state index in [0.717, 1.165) is 41.4 Å². The summed E-state index contributed by atoms with van der Waals surface area (Å²) >= 11 is 6.93. The van der Waals surface area contributed by atoms with Crippen molar-refractivity contribution in [3.05, 3.63) is 23.3 Å². The maximum absolute atomic E-state index is 13.5. The molecule has 3 aliphatic rings. The van der Waals surface area contributed by atoms with Crippen LogP contribution < -0.4 is 9.47 Å². The summed E-state index contributed by atoms with van der Waals surface area (Å²) in [6.07, 6.45) is 3.48. The highest BCUT2D eigenvalue weighted by molar-refractivity contribution is 8.23. The fourth-order valence-electron chi connectivity index (χ4n) is 5.57. The fourth-order valence-corrected chi connectivity index (χ4v) is 6.71. The monoisotopic (exact) mass is 518 g/mol. The molecule has 2 fully saturated rings. The number of ether oxygens (including phenoxy) is 2. The van der Waals surface area contributed by atoms with E-state index < -0.39 is 12.0 Å². The van der Waals surface area contributed by atoms with Gasteiger partial charge in [-0.25, -0.2) is 0 Å². The fraction of sp³-hybridized carbons (Fsp3) is 0.615. The van der Waals surface area contributed by atoms with Crippen LogP contribution in [-0.4, -0.2) is 71.2 Å². The lowest BCUT2D eigenvalue weighted by molar-refractivity contribution is -0.146. The molecule has 1 saturated carbocycles. The Kier molecular flexibility index (Phi) is 7.76. The minimum Gasteiger partial charge on any atom is -0.493 e. The van der Waals surface area contributed by atoms with Gasteiger partial charge in [-0.1, -0.05) is 37.8 Å². The first-order valence-electron chi connectivity index (χ1n) is 12.2. The average Bonchev–Trinajstić information content (AvgIpc) is 3.35. The van der Waals surface area contributed by atoms with Crippen LogP contribution in [0.3, 0.4) is 0 Å². The summed E-state index contributed by atoms with van der Waals surface area (Å²) < 4.78 is 11.7. The molecule has 0 radical (unpaired) electrons. The third-order valence-corrected chi connectivity index (χ3v) is 8.75. The lowest BCUT2D eigenvalue weighted by Gasteiger charge is -2.44. The van der Waals surface area contributed by atoms with E-state index in [9.17, 15) is 14.4 Å². The normalized spacial score (nSPS) is 22.2. The average molecular weight is 519 g/mol. The van der Waals surface area contributed by atoms with Gasteiger partial charge < -0.3 is 19.3 Å². The van der Waals surface area contributed by atoms with Crippen LogP contribution in [0, 0.1) is 11.3 Å². The number of fused-ring (bicyclic) bond motifs is 1. The minimum atomic E-state index is -0.875. The van der Waals surface area contributed by atoms with Crippen molar-refractivity contribution in [1.29, 1.82) is 0 Å². The van der Waals surface area contributed by atoms with E-state index in [1.807, 2.05) is 26.0 Å². The van der Waals surface area contributed by atoms with Crippen molar-refractivity contribution < 1.29 is 23.9 Å². The summed E-state index contributed by atoms with van der Waals surface area (Å²) in [5.74, 6) is 0.125. The smallest absolute Gasteiger partial charge is 0.233 e. The second-order valence-corrected chi connectivity index (χ2v) is 12.0. The molecule has 7 nitrogen and oxygen atoms in total. The lowest BCUT2D eigenvalue weighted by atomic mass is 9.67. The van der Waals surface area contributed by atoms with Crippen LogP contribution in [0.15, 0.2) is 12.1 Å². The SMILES string of the molecule is COc1cc2c(cc1OC)C(C1C(=O)CC(C)(C)CC1=O)N(C(=O)CSC(=S)N1CCCC1)CC2. The molecular formula is C26H34N2O5S2. The second-order valence-electron chi connectivity index (χ2n) is 10.4. The van der Waals surface area contributed by atoms with E-state index in [1.54, 1.807) is 19.1 Å². The Bertz CT molecular complexity index is 1010. The standard InChI is InChI=1S/C26H34N2O5S2/c1-26(2)13-18(29)23(19(30)14-26)24-17-12-21(33-4)20(32-3)11-16(17)7-10-28(24)22(31)15-35-25(34)27-8-5-6-9-27/h11-12,23-24H,5-10,13-15H2,1-4H3. The van der Waals surface area contributed by atoms with Crippen LogP contribution >= 0.6 is 24.0 Å². The predicted molar refractivity (Wildman–Crippen MR) is 140 cm³/mol. The maximum atomic E-state index is 13.5. The number of thiocarbonyl (C=S) groups is 1. The van der Waals surface area contributed by atoms with Crippen LogP contribution in [-0.2, 0) is 20.8 Å². The van der Waals surface area contributed by atoms with Gasteiger partial charge in [-0.3, -0.25) is 14.4 Å². The molecule has 1 saturated heterocycles. The molecule has 1 atom stereocenters. The summed E-state index contributed by atoms with van der Waals surface area (Å²) in [4.78, 5) is 44.2. The van der Waals surface area contributed by atoms with E-state index in [0.29, 0.717) is 37.3 Å². The van der Waals surface area contributed by atoms with Gasteiger partial charge in [0.2, 0.25) is 5.91 Å². The molecule has 1 aromatic rings. The van der Waals surface area contributed by atoms with Crippen molar-refractivity contribution in [1.82, 2.24) is 9.80 Å². The molecule has 35 heavy (non-hydrogen) atoms. The number of hydrogen-bond acceptors (Lipinski definition) is 7. The van der Waals surface area contributed by atoms with Gasteiger partial charge in [0.25, 0.3) is 0 Å². The van der Waals surface area contributed by atoms with E-state index in [1.165, 1.54) is 11.8 Å². The molecule has 0 bridgehead atoms. The van der Waals surface area contributed by atoms with E-state index >= 15 is 0 Å². The Labute approximate surface area is 216 Å². The highest BCUT2D eigenvalue weighted by Gasteiger charge is 2.48. The number of nitrogens with zero attached hydrogens (tertiary/aromatic N) is 2. The molecule has 1 aliphatic carbocycles. The zero-order valence-electron chi connectivity index (χ0n) is 20.9. The van der Waals surface area contributed by atoms with Crippen molar-refractivity contribution in [3.8, 4) is 11.5 Å². The van der Waals surface area contributed by atoms with Gasteiger partial charge >= 0.3 is 0 Å². The minimum absolute atomic E-state index is 0.100. The number of Topliss-reactive ketones (excluding diaryl/α,β-unsaturated/α-hetero) is 2. The van der Waals surface area contributed by atoms with E-state index in [4.69, 9.17) is 21.7 Å². The number of thioether (sulfide) groups is 1. The van der Waals surface area contributed by atoms with Crippen LogP contribution in [0.25, 0.3) is 0 Å². The maximum Gasteiger partial charge on any atom is 0.233 e. The number of carbonyl (C=O) groups excluding carboxylic acids is 3. The molecule has 190 valence electrons. The number of amides is 1. The Morgan fingerprint density at radius 1 is 1.06 bits per heavy atom. The number of carbonyl (C=O) groups is 3. The van der Waals surface area contributed by atoms with E-state index in [2.05, 4.69) is 4.90 Å². The Morgan fingerprint density at radius 3 is 2.26 bits per heavy atom. The lowest BCUT2D eigenvalue weighted by Crippen LogP contribution is -2.50. The van der Waals surface area contributed by atoms with Crippen molar-refractivity contribution in [2.75, 3.05) is 39.6 Å². The molecule has 4 rings (SSSR count). The number of hydrogen-bond donors (Lipinski definition) is 0. The van der Waals surface area contributed by atoms with Crippen LogP contribution in [0.2, 0.25) is 0 Å². The van der Waals surface area contributed by atoms with Crippen LogP contribution in [0.1, 0.15) is 56.7 Å². The van der Waals surface area contributed by atoms with Gasteiger partial charge in [0.1, 0.15) is 21.8 Å². The molecule has 1 aromatic carbocycles. The zero-order valence-corrected chi connectivity index (χ0v) is 22.6. The van der Waals surface area contributed by atoms with Crippen LogP contribution in [0.5, 0.6) is 11.5 Å². The molecule has 1 unspecified atom stereocenters. The van der Waals surface area contributed by atoms with Crippen molar-refractivity contribution in [2.24, 2.45) is 11.3 Å². The Hall–Kier alpha value is -2.13. The highest BCUT2D eigenvalue weighted by atomic mass is 32.2. The largest absolute Gasteiger partial charge is 0.493 e. The van der Waals surface area contributed by atoms with Gasteiger partial charge in [-0.05, 0) is 47.9 Å². The summed E-state index contributed by atoms with van der Waals surface area (Å²) in [6, 6.07) is 3.09. The van der Waals surface area contributed by atoms with Crippen molar-refractivity contribution in [3.63, 3.8) is 0 Å². The highest BCUT2D eigenvalue weighted by Crippen LogP contribution is 2.46. The van der Waals surface area contributed by atoms with E-state index in [-0.39, 0.29) is 28.6 Å². The Morgan fingerprint density at radius 2 is 1.66 bits per heavy atom. The molecule has 9 heteroatoms. The first-order valence-corrected chi connectivity index (χ1v) is 13.6. The molecular weight excluding hydrogens is 484 g/mol. The second kappa shape index (κ2) is 10.5. The molecule has 1 amide bonds. The topological polar surface area (TPSA) is 76.1 Å². The van der Waals surface area contributed by atoms with Crippen molar-refractivity contribution >= 4 is 45.8 Å². The first-order chi connectivity index (χ1) is 16.6. The summed E-state index contributed by atoms with van der Waals surface area (Å²) in [5.41, 5.74) is 1.40. The molecule has 0 spiro atoms. The number of methoxy groups -OCH3 is 2. The summed E-state index contributed by atoms with van der Waals surface area (Å²) in [6.45, 7) is 6.19. The van der Waals surface area contributed by atoms with Gasteiger partial charge in [0, 0.05) is 32.5 Å². The third-order valence-electron chi connectivity index (χ3n) is 7.24. The van der Waals surface area contributed by atoms with Crippen molar-refractivity contribution in [2.45, 2.75) is 52.0 Å². The van der Waals surface area contributed by atoms with Crippen LogP contribution in [0.4, 0.5) is 0 Å².